The summed E-state index contributed by atoms with van der Waals surface area (Å²) in [6.45, 7) is 2.13. The molecule has 2 aliphatic rings. The first-order valence-corrected chi connectivity index (χ1v) is 7.34. The first-order valence-electron chi connectivity index (χ1n) is 7.34. The van der Waals surface area contributed by atoms with E-state index in [2.05, 4.69) is 23.1 Å². The average Bonchev–Trinajstić information content (AvgIpc) is 2.46. The molecule has 3 rings (SSSR count). The molecule has 0 saturated heterocycles. The van der Waals surface area contributed by atoms with E-state index >= 15 is 0 Å². The lowest BCUT2D eigenvalue weighted by Gasteiger charge is -2.39. The molecule has 0 bridgehead atoms. The van der Waals surface area contributed by atoms with E-state index in [1.54, 1.807) is 7.11 Å². The third-order valence-electron chi connectivity index (χ3n) is 4.59. The molecule has 1 aromatic carbocycles. The van der Waals surface area contributed by atoms with Gasteiger partial charge >= 0.3 is 0 Å². The fourth-order valence-electron chi connectivity index (χ4n) is 3.46. The summed E-state index contributed by atoms with van der Waals surface area (Å²) in [4.78, 5) is 2.55. The Morgan fingerprint density at radius 1 is 1.26 bits per heavy atom. The van der Waals surface area contributed by atoms with Crippen LogP contribution in [0.25, 0.3) is 0 Å². The number of hydrogen-bond acceptors (Lipinski definition) is 3. The quantitative estimate of drug-likeness (QED) is 0.887. The number of nitrogens with zero attached hydrogens (tertiary/aromatic N) is 1. The maximum Gasteiger partial charge on any atom is 0.119 e. The second kappa shape index (κ2) is 5.51. The molecule has 2 atom stereocenters. The van der Waals surface area contributed by atoms with Gasteiger partial charge in [0.25, 0.3) is 0 Å². The number of hydrogen-bond donors (Lipinski definition) is 1. The van der Waals surface area contributed by atoms with Gasteiger partial charge in [-0.3, -0.25) is 4.90 Å². The van der Waals surface area contributed by atoms with Gasteiger partial charge in [0.1, 0.15) is 5.75 Å². The first-order chi connectivity index (χ1) is 9.26. The van der Waals surface area contributed by atoms with Crippen molar-refractivity contribution >= 4 is 0 Å². The van der Waals surface area contributed by atoms with E-state index in [-0.39, 0.29) is 6.10 Å². The summed E-state index contributed by atoms with van der Waals surface area (Å²) >= 11 is 0. The predicted octanol–water partition coefficient (Wildman–Crippen LogP) is 2.36. The number of rotatable bonds is 2. The summed E-state index contributed by atoms with van der Waals surface area (Å²) in [6, 6.07) is 6.99. The molecule has 0 spiro atoms. The summed E-state index contributed by atoms with van der Waals surface area (Å²) in [5, 5.41) is 9.83. The molecule has 19 heavy (non-hydrogen) atoms. The Balaban J connectivity index is 1.71. The zero-order chi connectivity index (χ0) is 13.2. The topological polar surface area (TPSA) is 32.7 Å². The van der Waals surface area contributed by atoms with Gasteiger partial charge in [-0.25, -0.2) is 0 Å². The van der Waals surface area contributed by atoms with E-state index in [1.165, 1.54) is 17.5 Å². The molecule has 0 radical (unpaired) electrons. The number of aliphatic hydroxyl groups is 1. The van der Waals surface area contributed by atoms with Gasteiger partial charge in [0.05, 0.1) is 13.2 Å². The van der Waals surface area contributed by atoms with Crippen molar-refractivity contribution < 1.29 is 9.84 Å². The zero-order valence-electron chi connectivity index (χ0n) is 11.6. The standard InChI is InChI=1S/C16H23NO2/c1-19-16-6-5-13-11-17(8-7-12(13)9-16)14-3-2-4-15(18)10-14/h5-6,9,14-15,18H,2-4,7-8,10-11H2,1H3. The molecule has 2 unspecified atom stereocenters. The Morgan fingerprint density at radius 3 is 2.95 bits per heavy atom. The Morgan fingerprint density at radius 2 is 2.16 bits per heavy atom. The average molecular weight is 261 g/mol. The highest BCUT2D eigenvalue weighted by molar-refractivity contribution is 5.37. The largest absolute Gasteiger partial charge is 0.497 e. The summed E-state index contributed by atoms with van der Waals surface area (Å²) in [6.07, 6.45) is 5.35. The van der Waals surface area contributed by atoms with Crippen molar-refractivity contribution in [1.29, 1.82) is 0 Å². The first kappa shape index (κ1) is 12.9. The molecule has 3 nitrogen and oxygen atoms in total. The molecular formula is C16H23NO2. The molecule has 3 heteroatoms. The molecule has 1 aromatic rings. The maximum absolute atomic E-state index is 9.83. The molecule has 1 saturated carbocycles. The lowest BCUT2D eigenvalue weighted by atomic mass is 9.89. The highest BCUT2D eigenvalue weighted by atomic mass is 16.5. The molecule has 1 fully saturated rings. The molecule has 1 aliphatic carbocycles. The van der Waals surface area contributed by atoms with Crippen molar-refractivity contribution in [2.24, 2.45) is 0 Å². The fourth-order valence-corrected chi connectivity index (χ4v) is 3.46. The van der Waals surface area contributed by atoms with Gasteiger partial charge in [0, 0.05) is 19.1 Å². The van der Waals surface area contributed by atoms with Crippen LogP contribution in [0.4, 0.5) is 0 Å². The van der Waals surface area contributed by atoms with Crippen molar-refractivity contribution in [1.82, 2.24) is 4.90 Å². The Hall–Kier alpha value is -1.06. The van der Waals surface area contributed by atoms with Crippen molar-refractivity contribution in [2.45, 2.75) is 50.8 Å². The van der Waals surface area contributed by atoms with Gasteiger partial charge < -0.3 is 9.84 Å². The minimum Gasteiger partial charge on any atom is -0.497 e. The summed E-state index contributed by atoms with van der Waals surface area (Å²) in [7, 11) is 1.72. The lowest BCUT2D eigenvalue weighted by Crippen LogP contribution is -2.42. The smallest absolute Gasteiger partial charge is 0.119 e. The van der Waals surface area contributed by atoms with Crippen molar-refractivity contribution in [3.63, 3.8) is 0 Å². The van der Waals surface area contributed by atoms with Gasteiger partial charge in [0.2, 0.25) is 0 Å². The number of fused-ring (bicyclic) bond motifs is 1. The number of benzene rings is 1. The van der Waals surface area contributed by atoms with E-state index in [1.807, 2.05) is 0 Å². The number of aliphatic hydroxyl groups excluding tert-OH is 1. The summed E-state index contributed by atoms with van der Waals surface area (Å²) in [5.41, 5.74) is 2.85. The Kier molecular flexibility index (Phi) is 3.76. The van der Waals surface area contributed by atoms with E-state index in [4.69, 9.17) is 4.74 Å². The molecule has 1 N–H and O–H groups in total. The third-order valence-corrected chi connectivity index (χ3v) is 4.59. The van der Waals surface area contributed by atoms with Crippen LogP contribution in [0.1, 0.15) is 36.8 Å². The van der Waals surface area contributed by atoms with Crippen molar-refractivity contribution in [3.05, 3.63) is 29.3 Å². The van der Waals surface area contributed by atoms with Crippen LogP contribution in [0.2, 0.25) is 0 Å². The highest BCUT2D eigenvalue weighted by Gasteiger charge is 2.28. The monoisotopic (exact) mass is 261 g/mol. The third kappa shape index (κ3) is 2.77. The normalized spacial score (nSPS) is 27.9. The van der Waals surface area contributed by atoms with Crippen LogP contribution in [-0.4, -0.2) is 35.8 Å². The number of ether oxygens (including phenoxy) is 1. The van der Waals surface area contributed by atoms with E-state index < -0.39 is 0 Å². The second-order valence-electron chi connectivity index (χ2n) is 5.83. The summed E-state index contributed by atoms with van der Waals surface area (Å²) < 4.78 is 5.29. The van der Waals surface area contributed by atoms with Crippen LogP contribution in [0.5, 0.6) is 5.75 Å². The van der Waals surface area contributed by atoms with Gasteiger partial charge in [-0.1, -0.05) is 6.07 Å². The van der Waals surface area contributed by atoms with Crippen LogP contribution in [0, 0.1) is 0 Å². The maximum atomic E-state index is 9.83. The molecule has 1 heterocycles. The Bertz CT molecular complexity index is 446. The number of methoxy groups -OCH3 is 1. The van der Waals surface area contributed by atoms with Gasteiger partial charge in [0.15, 0.2) is 0 Å². The van der Waals surface area contributed by atoms with E-state index in [0.29, 0.717) is 6.04 Å². The highest BCUT2D eigenvalue weighted by Crippen LogP contribution is 2.29. The van der Waals surface area contributed by atoms with Crippen LogP contribution in [0.3, 0.4) is 0 Å². The van der Waals surface area contributed by atoms with Crippen molar-refractivity contribution in [2.75, 3.05) is 13.7 Å². The minimum absolute atomic E-state index is 0.0870. The molecular weight excluding hydrogens is 238 g/mol. The predicted molar refractivity (Wildman–Crippen MR) is 75.4 cm³/mol. The van der Waals surface area contributed by atoms with Crippen LogP contribution in [0.15, 0.2) is 18.2 Å². The van der Waals surface area contributed by atoms with Gasteiger partial charge in [-0.05, 0) is 55.4 Å². The van der Waals surface area contributed by atoms with Gasteiger partial charge in [-0.15, -0.1) is 0 Å². The van der Waals surface area contributed by atoms with E-state index in [9.17, 15) is 5.11 Å². The van der Waals surface area contributed by atoms with E-state index in [0.717, 1.165) is 44.5 Å². The van der Waals surface area contributed by atoms with Gasteiger partial charge in [-0.2, -0.15) is 0 Å². The molecule has 104 valence electrons. The lowest BCUT2D eigenvalue weighted by molar-refractivity contribution is 0.0556. The summed E-state index contributed by atoms with van der Waals surface area (Å²) in [5.74, 6) is 0.959. The zero-order valence-corrected chi connectivity index (χ0v) is 11.6. The minimum atomic E-state index is -0.0870. The van der Waals surface area contributed by atoms with Crippen LogP contribution in [-0.2, 0) is 13.0 Å². The molecule has 0 amide bonds. The van der Waals surface area contributed by atoms with Crippen molar-refractivity contribution in [3.8, 4) is 5.75 Å². The Labute approximate surface area is 115 Å². The molecule has 0 aromatic heterocycles. The SMILES string of the molecule is COc1ccc2c(c1)CCN(C1CCCC(O)C1)C2. The fraction of sp³-hybridized carbons (Fsp3) is 0.625. The second-order valence-corrected chi connectivity index (χ2v) is 5.83. The van der Waals surface area contributed by atoms with Crippen LogP contribution >= 0.6 is 0 Å². The van der Waals surface area contributed by atoms with Crippen LogP contribution < -0.4 is 4.74 Å². The molecule has 1 aliphatic heterocycles.